The summed E-state index contributed by atoms with van der Waals surface area (Å²) in [4.78, 5) is 8.14. The fraction of sp³-hybridized carbons (Fsp3) is 0.267. The maximum Gasteiger partial charge on any atom is 0.321 e. The molecule has 0 saturated heterocycles. The van der Waals surface area contributed by atoms with Gasteiger partial charge in [0.1, 0.15) is 35.9 Å². The molecular weight excluding hydrogens is 319 g/mol. The van der Waals surface area contributed by atoms with Crippen molar-refractivity contribution in [1.82, 2.24) is 19.7 Å². The Hall–Kier alpha value is -2.94. The topological polar surface area (TPSA) is 91.5 Å². The summed E-state index contributed by atoms with van der Waals surface area (Å²) in [5.41, 5.74) is 0.809. The predicted molar refractivity (Wildman–Crippen MR) is 80.1 cm³/mol. The zero-order valence-corrected chi connectivity index (χ0v) is 12.5. The highest BCUT2D eigenvalue weighted by atomic mass is 19.1. The van der Waals surface area contributed by atoms with Crippen LogP contribution in [0.2, 0.25) is 0 Å². The summed E-state index contributed by atoms with van der Waals surface area (Å²) in [5, 5.41) is 14.6. The molecule has 1 aromatic carbocycles. The molecule has 8 nitrogen and oxygen atoms in total. The van der Waals surface area contributed by atoms with Gasteiger partial charge < -0.3 is 19.3 Å². The molecule has 2 aromatic heterocycles. The minimum Gasteiger partial charge on any atom is -0.493 e. The second kappa shape index (κ2) is 5.93. The van der Waals surface area contributed by atoms with Crippen molar-refractivity contribution in [2.45, 2.75) is 0 Å². The highest BCUT2D eigenvalue weighted by molar-refractivity contribution is 5.81. The summed E-state index contributed by atoms with van der Waals surface area (Å²) in [7, 11) is 0. The monoisotopic (exact) mass is 332 g/mol. The normalized spacial score (nSPS) is 14.9. The van der Waals surface area contributed by atoms with Crippen LogP contribution in [0.3, 0.4) is 0 Å². The highest BCUT2D eigenvalue weighted by Crippen LogP contribution is 2.30. The number of aromatic hydroxyl groups is 1. The summed E-state index contributed by atoms with van der Waals surface area (Å²) in [5.74, 6) is -0.387. The van der Waals surface area contributed by atoms with Crippen molar-refractivity contribution in [3.05, 3.63) is 30.2 Å². The number of nitrogens with zero attached hydrogens (tertiary/aromatic N) is 4. The lowest BCUT2D eigenvalue weighted by Gasteiger charge is -2.12. The molecule has 0 saturated carbocycles. The third-order valence-electron chi connectivity index (χ3n) is 3.48. The van der Waals surface area contributed by atoms with Gasteiger partial charge in [-0.25, -0.2) is 9.07 Å². The van der Waals surface area contributed by atoms with E-state index in [0.717, 1.165) is 0 Å². The van der Waals surface area contributed by atoms with Gasteiger partial charge in [0.25, 0.3) is 0 Å². The van der Waals surface area contributed by atoms with Gasteiger partial charge in [-0.1, -0.05) is 0 Å². The molecule has 0 fully saturated rings. The van der Waals surface area contributed by atoms with Crippen LogP contribution < -0.4 is 9.47 Å². The average Bonchev–Trinajstić information content (AvgIpc) is 2.98. The summed E-state index contributed by atoms with van der Waals surface area (Å²) < 4.78 is 31.4. The molecule has 0 aliphatic carbocycles. The van der Waals surface area contributed by atoms with E-state index in [9.17, 15) is 9.50 Å². The van der Waals surface area contributed by atoms with E-state index in [2.05, 4.69) is 15.1 Å². The molecule has 3 heterocycles. The van der Waals surface area contributed by atoms with E-state index in [1.54, 1.807) is 0 Å². The number of halogens is 1. The van der Waals surface area contributed by atoms with E-state index in [1.807, 2.05) is 0 Å². The molecule has 9 heteroatoms. The number of rotatable bonds is 0. The van der Waals surface area contributed by atoms with Crippen molar-refractivity contribution < 1.29 is 23.7 Å². The molecule has 3 aromatic rings. The van der Waals surface area contributed by atoms with Gasteiger partial charge in [-0.05, 0) is 12.1 Å². The molecular formula is C15H13FN4O4. The summed E-state index contributed by atoms with van der Waals surface area (Å²) >= 11 is 0. The first-order valence-electron chi connectivity index (χ1n) is 7.30. The average molecular weight is 332 g/mol. The lowest BCUT2D eigenvalue weighted by Crippen LogP contribution is -2.13. The second-order valence-corrected chi connectivity index (χ2v) is 5.04. The zero-order valence-electron chi connectivity index (χ0n) is 12.5. The van der Waals surface area contributed by atoms with Gasteiger partial charge in [-0.3, -0.25) is 0 Å². The number of aromatic nitrogens is 4. The van der Waals surface area contributed by atoms with Crippen LogP contribution in [0.1, 0.15) is 0 Å². The van der Waals surface area contributed by atoms with Crippen LogP contribution in [0.25, 0.3) is 16.7 Å². The molecule has 124 valence electrons. The lowest BCUT2D eigenvalue weighted by molar-refractivity contribution is 0.0741. The fourth-order valence-electron chi connectivity index (χ4n) is 2.40. The van der Waals surface area contributed by atoms with Crippen molar-refractivity contribution in [1.29, 1.82) is 0 Å². The van der Waals surface area contributed by atoms with Crippen LogP contribution in [0.5, 0.6) is 17.6 Å². The van der Waals surface area contributed by atoms with E-state index in [4.69, 9.17) is 14.2 Å². The second-order valence-electron chi connectivity index (χ2n) is 5.04. The van der Waals surface area contributed by atoms with Gasteiger partial charge in [0, 0.05) is 6.07 Å². The molecule has 4 rings (SSSR count). The van der Waals surface area contributed by atoms with Crippen molar-refractivity contribution in [3.8, 4) is 23.3 Å². The molecule has 0 radical (unpaired) electrons. The smallest absolute Gasteiger partial charge is 0.321 e. The van der Waals surface area contributed by atoms with E-state index in [0.29, 0.717) is 35.7 Å². The van der Waals surface area contributed by atoms with E-state index in [1.165, 1.54) is 29.1 Å². The molecule has 0 amide bonds. The maximum atomic E-state index is 13.6. The van der Waals surface area contributed by atoms with Crippen LogP contribution in [0, 0.1) is 5.82 Å². The van der Waals surface area contributed by atoms with Crippen LogP contribution >= 0.6 is 0 Å². The molecule has 2 bridgehead atoms. The molecule has 24 heavy (non-hydrogen) atoms. The number of hydrogen-bond donors (Lipinski definition) is 1. The summed E-state index contributed by atoms with van der Waals surface area (Å²) in [6, 6.07) is 4.09. The van der Waals surface area contributed by atoms with E-state index in [-0.39, 0.29) is 25.1 Å². The van der Waals surface area contributed by atoms with Crippen molar-refractivity contribution in [3.63, 3.8) is 0 Å². The SMILES string of the molecule is Oc1nc2nc3c1cnn3-c1ccc(F)cc1OCCOCCO2. The van der Waals surface area contributed by atoms with E-state index >= 15 is 0 Å². The van der Waals surface area contributed by atoms with Gasteiger partial charge in [-0.15, -0.1) is 0 Å². The van der Waals surface area contributed by atoms with Gasteiger partial charge in [-0.2, -0.15) is 15.1 Å². The highest BCUT2D eigenvalue weighted by Gasteiger charge is 2.17. The van der Waals surface area contributed by atoms with E-state index < -0.39 is 5.82 Å². The number of benzene rings is 1. The van der Waals surface area contributed by atoms with Crippen molar-refractivity contribution in [2.75, 3.05) is 26.4 Å². The van der Waals surface area contributed by atoms with Gasteiger partial charge >= 0.3 is 6.01 Å². The Bertz CT molecular complexity index is 899. The quantitative estimate of drug-likeness (QED) is 0.666. The maximum absolute atomic E-state index is 13.6. The third kappa shape index (κ3) is 2.58. The lowest BCUT2D eigenvalue weighted by atomic mass is 10.3. The Balaban J connectivity index is 1.93. The Morgan fingerprint density at radius 1 is 1.08 bits per heavy atom. The van der Waals surface area contributed by atoms with Crippen LogP contribution in [-0.4, -0.2) is 51.3 Å². The molecule has 0 unspecified atom stereocenters. The minimum atomic E-state index is -0.433. The van der Waals surface area contributed by atoms with Crippen molar-refractivity contribution in [2.24, 2.45) is 0 Å². The van der Waals surface area contributed by atoms with Crippen LogP contribution in [0.15, 0.2) is 24.4 Å². The summed E-state index contributed by atoms with van der Waals surface area (Å²) in [6.07, 6.45) is 1.43. The number of hydrogen-bond acceptors (Lipinski definition) is 7. The number of ether oxygens (including phenoxy) is 3. The molecule has 1 aliphatic heterocycles. The Labute approximate surface area is 135 Å². The molecule has 1 aliphatic rings. The third-order valence-corrected chi connectivity index (χ3v) is 3.48. The Morgan fingerprint density at radius 3 is 2.79 bits per heavy atom. The largest absolute Gasteiger partial charge is 0.493 e. The Kier molecular flexibility index (Phi) is 3.62. The fourth-order valence-corrected chi connectivity index (χ4v) is 2.40. The Morgan fingerprint density at radius 2 is 1.92 bits per heavy atom. The molecule has 1 N–H and O–H groups in total. The van der Waals surface area contributed by atoms with Crippen LogP contribution in [0.4, 0.5) is 4.39 Å². The van der Waals surface area contributed by atoms with Crippen LogP contribution in [-0.2, 0) is 4.74 Å². The van der Waals surface area contributed by atoms with Crippen molar-refractivity contribution >= 4 is 11.0 Å². The van der Waals surface area contributed by atoms with Gasteiger partial charge in [0.2, 0.25) is 5.88 Å². The van der Waals surface area contributed by atoms with Gasteiger partial charge in [0.05, 0.1) is 19.4 Å². The summed E-state index contributed by atoms with van der Waals surface area (Å²) in [6.45, 7) is 1.09. The first-order valence-corrected chi connectivity index (χ1v) is 7.30. The van der Waals surface area contributed by atoms with Gasteiger partial charge in [0.15, 0.2) is 5.65 Å². The minimum absolute atomic E-state index is 0.00850. The predicted octanol–water partition coefficient (Wildman–Crippen LogP) is 1.45. The standard InChI is InChI=1S/C15H13FN4O4/c16-9-1-2-11-12(7-9)23-5-3-22-4-6-24-15-18-13-10(14(21)19-15)8-17-20(11)13/h1-2,7-8H,3-6H2,(H,18,19,21). The first kappa shape index (κ1) is 14.6. The number of fused-ring (bicyclic) bond motifs is 3. The zero-order chi connectivity index (χ0) is 16.5. The molecule has 0 spiro atoms. The molecule has 0 atom stereocenters. The first-order chi connectivity index (χ1) is 11.7.